The lowest BCUT2D eigenvalue weighted by molar-refractivity contribution is -0.274. The number of hydrogen-bond donors (Lipinski definition) is 1. The second-order valence-electron chi connectivity index (χ2n) is 7.09. The predicted octanol–water partition coefficient (Wildman–Crippen LogP) is 4.46. The molecule has 0 bridgehead atoms. The highest BCUT2D eigenvalue weighted by Crippen LogP contribution is 2.33. The molecule has 1 amide bonds. The molecule has 11 heteroatoms. The number of para-hydroxylation sites is 1. The molecule has 32 heavy (non-hydrogen) atoms. The summed E-state index contributed by atoms with van der Waals surface area (Å²) in [6.45, 7) is 3.82. The molecule has 4 aromatic rings. The zero-order chi connectivity index (χ0) is 22.9. The fourth-order valence-electron chi connectivity index (χ4n) is 2.96. The van der Waals surface area contributed by atoms with Crippen molar-refractivity contribution >= 4 is 17.2 Å². The van der Waals surface area contributed by atoms with Crippen molar-refractivity contribution < 1.29 is 22.7 Å². The Hall–Kier alpha value is -4.02. The summed E-state index contributed by atoms with van der Waals surface area (Å²) in [5, 5.41) is 6.82. The number of aromatic nitrogens is 5. The summed E-state index contributed by atoms with van der Waals surface area (Å²) in [6, 6.07) is 8.66. The number of alkyl halides is 3. The SMILES string of the molecule is CC(C)c1nccc(C(=O)Nc2cnn3ccc(-c4ccccc4OC(F)(F)F)nc23)n1. The van der Waals surface area contributed by atoms with Crippen LogP contribution in [0.1, 0.15) is 36.1 Å². The lowest BCUT2D eigenvalue weighted by Crippen LogP contribution is -2.17. The Morgan fingerprint density at radius 3 is 2.66 bits per heavy atom. The molecule has 0 saturated heterocycles. The number of carbonyl (C=O) groups is 1. The van der Waals surface area contributed by atoms with Crippen LogP contribution >= 0.6 is 0 Å². The van der Waals surface area contributed by atoms with Crippen LogP contribution in [0.2, 0.25) is 0 Å². The number of nitrogens with zero attached hydrogens (tertiary/aromatic N) is 5. The van der Waals surface area contributed by atoms with E-state index in [4.69, 9.17) is 0 Å². The van der Waals surface area contributed by atoms with E-state index in [2.05, 4.69) is 30.1 Å². The number of benzene rings is 1. The lowest BCUT2D eigenvalue weighted by atomic mass is 10.1. The van der Waals surface area contributed by atoms with E-state index in [0.717, 1.165) is 0 Å². The molecule has 3 aromatic heterocycles. The third-order valence-corrected chi connectivity index (χ3v) is 4.43. The van der Waals surface area contributed by atoms with Gasteiger partial charge in [0.2, 0.25) is 0 Å². The number of nitrogens with one attached hydrogen (secondary N) is 1. The summed E-state index contributed by atoms with van der Waals surface area (Å²) in [7, 11) is 0. The first-order chi connectivity index (χ1) is 15.2. The van der Waals surface area contributed by atoms with Gasteiger partial charge in [0, 0.05) is 23.9 Å². The number of ether oxygens (including phenoxy) is 1. The summed E-state index contributed by atoms with van der Waals surface area (Å²) >= 11 is 0. The van der Waals surface area contributed by atoms with Gasteiger partial charge >= 0.3 is 6.36 Å². The van der Waals surface area contributed by atoms with Crippen LogP contribution in [0.15, 0.2) is 55.0 Å². The maximum absolute atomic E-state index is 12.8. The second-order valence-corrected chi connectivity index (χ2v) is 7.09. The van der Waals surface area contributed by atoms with Crippen molar-refractivity contribution in [3.63, 3.8) is 0 Å². The number of carbonyl (C=O) groups excluding carboxylic acids is 1. The largest absolute Gasteiger partial charge is 0.573 e. The smallest absolute Gasteiger partial charge is 0.405 e. The number of anilines is 1. The predicted molar refractivity (Wildman–Crippen MR) is 109 cm³/mol. The van der Waals surface area contributed by atoms with Crippen LogP contribution in [0, 0.1) is 0 Å². The topological polar surface area (TPSA) is 94.3 Å². The number of amides is 1. The van der Waals surface area contributed by atoms with Gasteiger partial charge in [-0.2, -0.15) is 5.10 Å². The highest BCUT2D eigenvalue weighted by Gasteiger charge is 2.32. The maximum Gasteiger partial charge on any atom is 0.573 e. The molecule has 0 aliphatic heterocycles. The number of rotatable bonds is 5. The second kappa shape index (κ2) is 8.25. The molecule has 0 radical (unpaired) electrons. The molecule has 8 nitrogen and oxygen atoms in total. The van der Waals surface area contributed by atoms with Crippen molar-refractivity contribution in [2.45, 2.75) is 26.1 Å². The van der Waals surface area contributed by atoms with Gasteiger partial charge in [0.05, 0.1) is 11.9 Å². The van der Waals surface area contributed by atoms with E-state index < -0.39 is 12.3 Å². The van der Waals surface area contributed by atoms with Gasteiger partial charge in [0.15, 0.2) is 5.65 Å². The van der Waals surface area contributed by atoms with Gasteiger partial charge in [0.25, 0.3) is 5.91 Å². The first-order valence-electron chi connectivity index (χ1n) is 9.55. The van der Waals surface area contributed by atoms with E-state index in [1.165, 1.54) is 53.4 Å². The zero-order valence-electron chi connectivity index (χ0n) is 17.0. The van der Waals surface area contributed by atoms with Crippen LogP contribution in [0.3, 0.4) is 0 Å². The molecule has 0 saturated carbocycles. The zero-order valence-corrected chi connectivity index (χ0v) is 17.0. The standard InChI is InChI=1S/C21H17F3N6O2/c1-12(2)18-25-9-7-15(27-18)20(31)29-16-11-26-30-10-8-14(28-19(16)30)13-5-3-4-6-17(13)32-21(22,23)24/h3-12H,1-2H3,(H,29,31). The van der Waals surface area contributed by atoms with E-state index in [1.54, 1.807) is 6.07 Å². The summed E-state index contributed by atoms with van der Waals surface area (Å²) in [6.07, 6.45) is -0.421. The number of halogens is 3. The molecule has 0 fully saturated rings. The van der Waals surface area contributed by atoms with Gasteiger partial charge in [0.1, 0.15) is 23.0 Å². The molecule has 4 rings (SSSR count). The first-order valence-corrected chi connectivity index (χ1v) is 9.55. The Morgan fingerprint density at radius 2 is 1.91 bits per heavy atom. The fraction of sp³-hybridized carbons (Fsp3) is 0.190. The third-order valence-electron chi connectivity index (χ3n) is 4.43. The van der Waals surface area contributed by atoms with Crippen LogP contribution in [-0.2, 0) is 0 Å². The van der Waals surface area contributed by atoms with Gasteiger partial charge in [-0.3, -0.25) is 4.79 Å². The molecule has 0 aliphatic rings. The quantitative estimate of drug-likeness (QED) is 0.490. The normalized spacial score (nSPS) is 11.7. The fourth-order valence-corrected chi connectivity index (χ4v) is 2.96. The minimum atomic E-state index is -4.84. The van der Waals surface area contributed by atoms with Crippen LogP contribution in [0.25, 0.3) is 16.9 Å². The lowest BCUT2D eigenvalue weighted by Gasteiger charge is -2.13. The highest BCUT2D eigenvalue weighted by atomic mass is 19.4. The van der Waals surface area contributed by atoms with Crippen LogP contribution < -0.4 is 10.1 Å². The Balaban J connectivity index is 1.67. The van der Waals surface area contributed by atoms with Crippen LogP contribution in [-0.4, -0.2) is 36.8 Å². The molecule has 3 heterocycles. The molecule has 1 N–H and O–H groups in total. The van der Waals surface area contributed by atoms with Crippen molar-refractivity contribution in [3.8, 4) is 17.0 Å². The van der Waals surface area contributed by atoms with E-state index in [1.807, 2.05) is 13.8 Å². The highest BCUT2D eigenvalue weighted by molar-refractivity contribution is 6.04. The van der Waals surface area contributed by atoms with Gasteiger partial charge in [-0.15, -0.1) is 13.2 Å². The van der Waals surface area contributed by atoms with Crippen LogP contribution in [0.5, 0.6) is 5.75 Å². The minimum Gasteiger partial charge on any atom is -0.405 e. The molecule has 164 valence electrons. The summed E-state index contributed by atoms with van der Waals surface area (Å²) in [5.41, 5.74) is 1.05. The molecule has 0 aliphatic carbocycles. The maximum atomic E-state index is 12.8. The first kappa shape index (κ1) is 21.2. The third kappa shape index (κ3) is 4.51. The van der Waals surface area contributed by atoms with E-state index in [9.17, 15) is 18.0 Å². The van der Waals surface area contributed by atoms with Gasteiger partial charge < -0.3 is 10.1 Å². The number of hydrogen-bond acceptors (Lipinski definition) is 6. The average Bonchev–Trinajstić information content (AvgIpc) is 3.15. The number of fused-ring (bicyclic) bond motifs is 1. The van der Waals surface area contributed by atoms with Gasteiger partial charge in [-0.1, -0.05) is 26.0 Å². The molecular weight excluding hydrogens is 425 g/mol. The van der Waals surface area contributed by atoms with Gasteiger partial charge in [-0.05, 0) is 24.3 Å². The van der Waals surface area contributed by atoms with Crippen molar-refractivity contribution in [2.24, 2.45) is 0 Å². The average molecular weight is 442 g/mol. The summed E-state index contributed by atoms with van der Waals surface area (Å²) in [5.74, 6) is -0.302. The van der Waals surface area contributed by atoms with E-state index in [0.29, 0.717) is 5.82 Å². The Labute approximate surface area is 180 Å². The summed E-state index contributed by atoms with van der Waals surface area (Å²) in [4.78, 5) is 25.5. The summed E-state index contributed by atoms with van der Waals surface area (Å²) < 4.78 is 43.8. The Bertz CT molecular complexity index is 1290. The van der Waals surface area contributed by atoms with Crippen molar-refractivity contribution in [1.29, 1.82) is 0 Å². The van der Waals surface area contributed by atoms with Crippen molar-refractivity contribution in [2.75, 3.05) is 5.32 Å². The van der Waals surface area contributed by atoms with Crippen molar-refractivity contribution in [3.05, 3.63) is 66.5 Å². The molecular formula is C21H17F3N6O2. The van der Waals surface area contributed by atoms with Crippen molar-refractivity contribution in [1.82, 2.24) is 24.6 Å². The van der Waals surface area contributed by atoms with Gasteiger partial charge in [-0.25, -0.2) is 19.5 Å². The minimum absolute atomic E-state index is 0.0444. The molecule has 1 aromatic carbocycles. The van der Waals surface area contributed by atoms with E-state index in [-0.39, 0.29) is 40.0 Å². The van der Waals surface area contributed by atoms with E-state index >= 15 is 0 Å². The Kier molecular flexibility index (Phi) is 5.47. The van der Waals surface area contributed by atoms with Crippen LogP contribution in [0.4, 0.5) is 18.9 Å². The molecule has 0 spiro atoms. The molecule has 0 atom stereocenters. The monoisotopic (exact) mass is 442 g/mol. The Morgan fingerprint density at radius 1 is 1.12 bits per heavy atom. The molecule has 0 unspecified atom stereocenters.